The van der Waals surface area contributed by atoms with Crippen LogP contribution in [0, 0.1) is 5.92 Å². The summed E-state index contributed by atoms with van der Waals surface area (Å²) in [6.45, 7) is 13.7. The van der Waals surface area contributed by atoms with E-state index in [4.69, 9.17) is 9.16 Å². The van der Waals surface area contributed by atoms with Crippen LogP contribution in [0.25, 0.3) is 0 Å². The summed E-state index contributed by atoms with van der Waals surface area (Å²) in [5.41, 5.74) is 0. The van der Waals surface area contributed by atoms with Crippen molar-refractivity contribution in [2.24, 2.45) is 5.92 Å². The summed E-state index contributed by atoms with van der Waals surface area (Å²) in [7, 11) is -1.72. The fraction of sp³-hybridized carbons (Fsp3) is 0.917. The number of carbonyl (C=O) groups excluding carboxylic acids is 1. The fourth-order valence-corrected chi connectivity index (χ4v) is 2.45. The molecule has 1 rings (SSSR count). The Kier molecular flexibility index (Phi) is 3.85. The van der Waals surface area contributed by atoms with Gasteiger partial charge < -0.3 is 9.16 Å². The fourth-order valence-electron chi connectivity index (χ4n) is 1.43. The van der Waals surface area contributed by atoms with Gasteiger partial charge in [-0.25, -0.2) is 0 Å². The van der Waals surface area contributed by atoms with Crippen LogP contribution in [-0.4, -0.2) is 27.0 Å². The molecule has 0 aromatic heterocycles. The second kappa shape index (κ2) is 4.49. The van der Waals surface area contributed by atoms with Crippen LogP contribution in [0.1, 0.15) is 34.1 Å². The average molecular weight is 244 g/mol. The van der Waals surface area contributed by atoms with Crippen LogP contribution >= 0.6 is 0 Å². The predicted molar refractivity (Wildman–Crippen MR) is 66.8 cm³/mol. The molecule has 4 heteroatoms. The van der Waals surface area contributed by atoms with E-state index in [1.54, 1.807) is 0 Å². The SMILES string of the molecule is C[C@@H]1CC(=O)O[C@@H]1CO[Si](C)(C)C(C)(C)C. The minimum Gasteiger partial charge on any atom is -0.460 e. The molecule has 0 radical (unpaired) electrons. The molecule has 16 heavy (non-hydrogen) atoms. The van der Waals surface area contributed by atoms with E-state index in [9.17, 15) is 4.79 Å². The zero-order valence-electron chi connectivity index (χ0n) is 11.3. The molecular formula is C12H24O3Si. The normalized spacial score (nSPS) is 27.0. The van der Waals surface area contributed by atoms with Gasteiger partial charge in [-0.1, -0.05) is 27.7 Å². The lowest BCUT2D eigenvalue weighted by Crippen LogP contribution is -2.43. The van der Waals surface area contributed by atoms with Crippen molar-refractivity contribution in [3.05, 3.63) is 0 Å². The third kappa shape index (κ3) is 3.07. The summed E-state index contributed by atoms with van der Waals surface area (Å²) in [5, 5.41) is 0.207. The molecule has 1 fully saturated rings. The number of ether oxygens (including phenoxy) is 1. The highest BCUT2D eigenvalue weighted by molar-refractivity contribution is 6.74. The smallest absolute Gasteiger partial charge is 0.306 e. The first-order chi connectivity index (χ1) is 7.13. The van der Waals surface area contributed by atoms with Gasteiger partial charge in [-0.3, -0.25) is 4.79 Å². The Morgan fingerprint density at radius 3 is 2.38 bits per heavy atom. The van der Waals surface area contributed by atoms with Gasteiger partial charge in [0.1, 0.15) is 6.10 Å². The Balaban J connectivity index is 2.49. The van der Waals surface area contributed by atoms with Gasteiger partial charge in [0.15, 0.2) is 8.32 Å². The lowest BCUT2D eigenvalue weighted by atomic mass is 10.1. The molecule has 0 aliphatic carbocycles. The van der Waals surface area contributed by atoms with Crippen molar-refractivity contribution in [2.45, 2.75) is 58.4 Å². The van der Waals surface area contributed by atoms with Crippen molar-refractivity contribution >= 4 is 14.3 Å². The minimum atomic E-state index is -1.72. The molecular weight excluding hydrogens is 220 g/mol. The summed E-state index contributed by atoms with van der Waals surface area (Å²) in [6.07, 6.45) is 0.493. The molecule has 1 aliphatic rings. The van der Waals surface area contributed by atoms with Crippen molar-refractivity contribution in [3.8, 4) is 0 Å². The lowest BCUT2D eigenvalue weighted by molar-refractivity contribution is -0.142. The molecule has 1 saturated heterocycles. The van der Waals surface area contributed by atoms with E-state index in [0.717, 1.165) is 0 Å². The minimum absolute atomic E-state index is 0.0402. The summed E-state index contributed by atoms with van der Waals surface area (Å²) in [5.74, 6) is 0.202. The summed E-state index contributed by atoms with van der Waals surface area (Å²) in [6, 6.07) is 0. The van der Waals surface area contributed by atoms with E-state index in [0.29, 0.717) is 13.0 Å². The van der Waals surface area contributed by atoms with E-state index in [1.165, 1.54) is 0 Å². The molecule has 0 amide bonds. The Labute approximate surface area is 99.6 Å². The van der Waals surface area contributed by atoms with E-state index < -0.39 is 8.32 Å². The van der Waals surface area contributed by atoms with Crippen molar-refractivity contribution in [2.75, 3.05) is 6.61 Å². The van der Waals surface area contributed by atoms with Crippen molar-refractivity contribution < 1.29 is 14.0 Å². The molecule has 0 aromatic carbocycles. The first-order valence-corrected chi connectivity index (χ1v) is 8.88. The molecule has 0 saturated carbocycles. The van der Waals surface area contributed by atoms with Crippen LogP contribution in [-0.2, 0) is 14.0 Å². The molecule has 1 heterocycles. The van der Waals surface area contributed by atoms with Gasteiger partial charge >= 0.3 is 5.97 Å². The van der Waals surface area contributed by atoms with E-state index in [1.807, 2.05) is 6.92 Å². The van der Waals surface area contributed by atoms with Gasteiger partial charge in [-0.15, -0.1) is 0 Å². The van der Waals surface area contributed by atoms with Crippen LogP contribution in [0.5, 0.6) is 0 Å². The summed E-state index contributed by atoms with van der Waals surface area (Å²) < 4.78 is 11.3. The number of hydrogen-bond acceptors (Lipinski definition) is 3. The molecule has 3 nitrogen and oxygen atoms in total. The van der Waals surface area contributed by atoms with Gasteiger partial charge in [0.2, 0.25) is 0 Å². The van der Waals surface area contributed by atoms with Crippen LogP contribution in [0.4, 0.5) is 0 Å². The van der Waals surface area contributed by atoms with E-state index in [-0.39, 0.29) is 23.0 Å². The molecule has 0 N–H and O–H groups in total. The van der Waals surface area contributed by atoms with Crippen LogP contribution < -0.4 is 0 Å². The molecule has 0 spiro atoms. The van der Waals surface area contributed by atoms with Crippen LogP contribution in [0.3, 0.4) is 0 Å². The maximum Gasteiger partial charge on any atom is 0.306 e. The largest absolute Gasteiger partial charge is 0.460 e. The molecule has 1 aliphatic heterocycles. The van der Waals surface area contributed by atoms with Crippen LogP contribution in [0.15, 0.2) is 0 Å². The first-order valence-electron chi connectivity index (χ1n) is 5.97. The third-order valence-electron chi connectivity index (χ3n) is 3.82. The average Bonchev–Trinajstić information content (AvgIpc) is 2.39. The molecule has 0 unspecified atom stereocenters. The Morgan fingerprint density at radius 2 is 2.00 bits per heavy atom. The maximum absolute atomic E-state index is 11.1. The highest BCUT2D eigenvalue weighted by Crippen LogP contribution is 2.37. The van der Waals surface area contributed by atoms with Gasteiger partial charge in [-0.2, -0.15) is 0 Å². The highest BCUT2D eigenvalue weighted by Gasteiger charge is 2.39. The van der Waals surface area contributed by atoms with Crippen LogP contribution in [0.2, 0.25) is 18.1 Å². The number of carbonyl (C=O) groups is 1. The monoisotopic (exact) mass is 244 g/mol. The zero-order valence-corrected chi connectivity index (χ0v) is 12.3. The molecule has 0 aromatic rings. The number of rotatable bonds is 3. The van der Waals surface area contributed by atoms with E-state index >= 15 is 0 Å². The third-order valence-corrected chi connectivity index (χ3v) is 8.32. The molecule has 2 atom stereocenters. The van der Waals surface area contributed by atoms with Gasteiger partial charge in [-0.05, 0) is 18.1 Å². The molecule has 0 bridgehead atoms. The first kappa shape index (κ1) is 13.7. The topological polar surface area (TPSA) is 35.5 Å². The maximum atomic E-state index is 11.1. The Bertz CT molecular complexity index is 268. The standard InChI is InChI=1S/C12H24O3Si/c1-9-7-11(13)15-10(9)8-14-16(5,6)12(2,3)4/h9-10H,7-8H2,1-6H3/t9-,10-/m1/s1. The summed E-state index contributed by atoms with van der Waals surface area (Å²) >= 11 is 0. The van der Waals surface area contributed by atoms with Crippen molar-refractivity contribution in [3.63, 3.8) is 0 Å². The zero-order chi connectivity index (χ0) is 12.6. The molecule has 94 valence electrons. The quantitative estimate of drug-likeness (QED) is 0.565. The van der Waals surface area contributed by atoms with Crippen molar-refractivity contribution in [1.29, 1.82) is 0 Å². The summed E-state index contributed by atoms with van der Waals surface area (Å²) in [4.78, 5) is 11.1. The predicted octanol–water partition coefficient (Wildman–Crippen LogP) is 2.96. The number of esters is 1. The van der Waals surface area contributed by atoms with Gasteiger partial charge in [0, 0.05) is 5.92 Å². The lowest BCUT2D eigenvalue weighted by Gasteiger charge is -2.37. The number of cyclic esters (lactones) is 1. The Morgan fingerprint density at radius 1 is 1.44 bits per heavy atom. The van der Waals surface area contributed by atoms with E-state index in [2.05, 4.69) is 33.9 Å². The van der Waals surface area contributed by atoms with Crippen molar-refractivity contribution in [1.82, 2.24) is 0 Å². The van der Waals surface area contributed by atoms with Gasteiger partial charge in [0.05, 0.1) is 13.0 Å². The Hall–Kier alpha value is -0.353. The highest BCUT2D eigenvalue weighted by atomic mass is 28.4. The second-order valence-corrected chi connectivity index (χ2v) is 11.1. The van der Waals surface area contributed by atoms with Gasteiger partial charge in [0.25, 0.3) is 0 Å². The number of hydrogen-bond donors (Lipinski definition) is 0. The second-order valence-electron chi connectivity index (χ2n) is 6.28.